The van der Waals surface area contributed by atoms with Crippen molar-refractivity contribution in [2.45, 2.75) is 24.0 Å². The molecule has 1 aliphatic heterocycles. The number of hydrogen-bond donors (Lipinski definition) is 1. The van der Waals surface area contributed by atoms with Crippen LogP contribution in [0, 0.1) is 27.4 Å². The lowest BCUT2D eigenvalue weighted by atomic mass is 9.94. The van der Waals surface area contributed by atoms with Crippen LogP contribution < -0.4 is 4.90 Å². The van der Waals surface area contributed by atoms with E-state index < -0.39 is 44.4 Å². The van der Waals surface area contributed by atoms with Gasteiger partial charge in [-0.2, -0.15) is 34.3 Å². The number of hydrogen-bond acceptors (Lipinski definition) is 8. The molecule has 35 heavy (non-hydrogen) atoms. The molecule has 2 aromatic rings. The van der Waals surface area contributed by atoms with Crippen LogP contribution in [0.25, 0.3) is 0 Å². The maximum atomic E-state index is 13.5. The minimum atomic E-state index is -4.75. The second kappa shape index (κ2) is 9.05. The molecule has 182 valence electrons. The van der Waals surface area contributed by atoms with E-state index in [1.807, 2.05) is 0 Å². The first kappa shape index (κ1) is 25.7. The number of allylic oxidation sites excluding steroid dienone is 1. The first-order chi connectivity index (χ1) is 16.2. The number of nitrogens with zero attached hydrogens (tertiary/aromatic N) is 4. The van der Waals surface area contributed by atoms with Crippen LogP contribution in [-0.2, 0) is 31.0 Å². The Bertz CT molecular complexity index is 1530. The second-order valence-corrected chi connectivity index (χ2v) is 10.2. The Labute approximate surface area is 200 Å². The van der Waals surface area contributed by atoms with Crippen LogP contribution in [0.15, 0.2) is 58.6 Å². The molecule has 0 aliphatic carbocycles. The Balaban J connectivity index is 2.38. The van der Waals surface area contributed by atoms with Gasteiger partial charge in [-0.3, -0.25) is 4.90 Å². The van der Waals surface area contributed by atoms with E-state index in [0.717, 1.165) is 24.3 Å². The lowest BCUT2D eigenvalue weighted by molar-refractivity contribution is -0.137. The van der Waals surface area contributed by atoms with E-state index >= 15 is 0 Å². The van der Waals surface area contributed by atoms with Crippen molar-refractivity contribution in [2.24, 2.45) is 0 Å². The molecule has 0 saturated heterocycles. The van der Waals surface area contributed by atoms with Gasteiger partial charge in [0, 0.05) is 5.70 Å². The van der Waals surface area contributed by atoms with Gasteiger partial charge in [-0.05, 0) is 36.8 Å². The Morgan fingerprint density at radius 1 is 1.11 bits per heavy atom. The van der Waals surface area contributed by atoms with Crippen LogP contribution >= 0.6 is 0 Å². The zero-order valence-electron chi connectivity index (χ0n) is 18.0. The number of alkyl halides is 3. The Morgan fingerprint density at radius 3 is 2.29 bits per heavy atom. The highest BCUT2D eigenvalue weighted by atomic mass is 32.2. The van der Waals surface area contributed by atoms with Crippen LogP contribution in [0.1, 0.15) is 29.7 Å². The molecular formula is C21H15F3N5O4S2-. The minimum Gasteiger partial charge on any atom is -0.440 e. The number of halogens is 3. The number of sulfonamides is 1. The van der Waals surface area contributed by atoms with Gasteiger partial charge in [0.1, 0.15) is 6.04 Å². The summed E-state index contributed by atoms with van der Waals surface area (Å²) >= 11 is 0. The topological polar surface area (TPSA) is 146 Å². The Hall–Kier alpha value is -3.88. The number of benzene rings is 2. The number of rotatable bonds is 4. The molecule has 1 aliphatic rings. The predicted octanol–water partition coefficient (Wildman–Crippen LogP) is 4.40. The second-order valence-electron chi connectivity index (χ2n) is 7.37. The van der Waals surface area contributed by atoms with E-state index in [1.54, 1.807) is 12.1 Å². The van der Waals surface area contributed by atoms with Crippen molar-refractivity contribution in [3.05, 3.63) is 70.4 Å². The third-order valence-electron chi connectivity index (χ3n) is 5.16. The molecule has 2 amide bonds. The summed E-state index contributed by atoms with van der Waals surface area (Å²) in [6.45, 7) is 1.25. The van der Waals surface area contributed by atoms with E-state index in [9.17, 15) is 35.9 Å². The zero-order valence-corrected chi connectivity index (χ0v) is 19.6. The van der Waals surface area contributed by atoms with Crippen molar-refractivity contribution in [2.75, 3.05) is 11.2 Å². The van der Waals surface area contributed by atoms with E-state index in [1.165, 1.54) is 19.1 Å². The number of nitrogens with one attached hydrogen (secondary N) is 1. The molecule has 9 nitrogen and oxygen atoms in total. The lowest BCUT2D eigenvalue weighted by Gasteiger charge is -2.41. The molecule has 3 rings (SSSR count). The van der Waals surface area contributed by atoms with Crippen molar-refractivity contribution in [1.29, 1.82) is 15.3 Å². The summed E-state index contributed by atoms with van der Waals surface area (Å²) in [7, 11) is -6.96. The first-order valence-electron chi connectivity index (χ1n) is 9.51. The fraction of sp³-hybridized carbons (Fsp3) is 0.190. The Kier molecular flexibility index (Phi) is 6.66. The minimum absolute atomic E-state index is 0.00203. The number of urea groups is 1. The maximum absolute atomic E-state index is 13.5. The fourth-order valence-electron chi connectivity index (χ4n) is 3.66. The zero-order chi connectivity index (χ0) is 26.3. The quantitative estimate of drug-likeness (QED) is 0.589. The van der Waals surface area contributed by atoms with Crippen molar-refractivity contribution in [1.82, 2.24) is 4.31 Å². The van der Waals surface area contributed by atoms with Crippen molar-refractivity contribution in [3.63, 3.8) is 0 Å². The largest absolute Gasteiger partial charge is 0.440 e. The van der Waals surface area contributed by atoms with Gasteiger partial charge in [0.15, 0.2) is 0 Å². The van der Waals surface area contributed by atoms with Gasteiger partial charge in [0.2, 0.25) is 10.0 Å². The van der Waals surface area contributed by atoms with E-state index in [4.69, 9.17) is 10.0 Å². The number of nitriles is 2. The smallest absolute Gasteiger partial charge is 0.416 e. The summed E-state index contributed by atoms with van der Waals surface area (Å²) in [5, 5.41) is 19.0. The van der Waals surface area contributed by atoms with Crippen LogP contribution in [0.3, 0.4) is 0 Å². The molecule has 0 radical (unpaired) electrons. The molecule has 0 aromatic heterocycles. The van der Waals surface area contributed by atoms with Crippen LogP contribution in [-0.4, -0.2) is 25.0 Å². The van der Waals surface area contributed by atoms with E-state index in [-0.39, 0.29) is 37.3 Å². The molecule has 0 bridgehead atoms. The Morgan fingerprint density at radius 2 is 1.77 bits per heavy atom. The standard InChI is InChI=1S/C21H15F3N5O4S2/c1-12-17(11-26)19(16-7-6-13(10-25)8-18(16)34(27)31)29(35(2,32)33)20(30)28(12)15-5-3-4-14(9-15)21(22,23)24/h3-9,19,27H,1-2H3/q-1/t19-/m1/s1. The van der Waals surface area contributed by atoms with Crippen molar-refractivity contribution >= 4 is 32.3 Å². The molecule has 0 fully saturated rings. The summed E-state index contributed by atoms with van der Waals surface area (Å²) in [4.78, 5) is 13.8. The first-order valence-corrected chi connectivity index (χ1v) is 12.5. The summed E-state index contributed by atoms with van der Waals surface area (Å²) in [6, 6.07) is 7.73. The highest BCUT2D eigenvalue weighted by Crippen LogP contribution is 2.42. The molecule has 1 heterocycles. The fourth-order valence-corrected chi connectivity index (χ4v) is 5.26. The van der Waals surface area contributed by atoms with Crippen LogP contribution in [0.2, 0.25) is 0 Å². The number of carbonyl (C=O) groups excluding carboxylic acids is 1. The molecule has 0 spiro atoms. The van der Waals surface area contributed by atoms with Gasteiger partial charge in [-0.15, -0.1) is 0 Å². The van der Waals surface area contributed by atoms with Crippen LogP contribution in [0.4, 0.5) is 23.7 Å². The summed E-state index contributed by atoms with van der Waals surface area (Å²) < 4.78 is 85.3. The van der Waals surface area contributed by atoms with Gasteiger partial charge < -0.3 is 8.99 Å². The van der Waals surface area contributed by atoms with Gasteiger partial charge in [-0.25, -0.2) is 17.5 Å². The van der Waals surface area contributed by atoms with Crippen molar-refractivity contribution in [3.8, 4) is 12.1 Å². The predicted molar refractivity (Wildman–Crippen MR) is 117 cm³/mol. The average molecular weight is 523 g/mol. The number of anilines is 1. The number of carbonyl (C=O) groups is 1. The molecule has 0 saturated carbocycles. The van der Waals surface area contributed by atoms with E-state index in [0.29, 0.717) is 17.2 Å². The SMILES string of the molecule is CC1=C(C#N)[C@@H](c2ccc(C#N)cc2[S-](=N)=O)N(S(C)(=O)=O)C(=O)N1c1cccc(C(F)(F)F)c1. The highest BCUT2D eigenvalue weighted by molar-refractivity contribution is 7.88. The molecule has 14 heteroatoms. The molecule has 2 aromatic carbocycles. The van der Waals surface area contributed by atoms with Crippen LogP contribution in [0.5, 0.6) is 0 Å². The molecular weight excluding hydrogens is 507 g/mol. The van der Waals surface area contributed by atoms with Gasteiger partial charge in [0.05, 0.1) is 40.8 Å². The normalized spacial score (nSPS) is 16.9. The third kappa shape index (κ3) is 4.71. The van der Waals surface area contributed by atoms with E-state index in [2.05, 4.69) is 0 Å². The molecule has 1 N–H and O–H groups in total. The third-order valence-corrected chi connectivity index (χ3v) is 6.99. The summed E-state index contributed by atoms with van der Waals surface area (Å²) in [5.74, 6) is 0. The van der Waals surface area contributed by atoms with Gasteiger partial charge in [0.25, 0.3) is 0 Å². The molecule has 0 unspecified atom stereocenters. The van der Waals surface area contributed by atoms with Gasteiger partial charge >= 0.3 is 12.2 Å². The highest BCUT2D eigenvalue weighted by Gasteiger charge is 2.45. The average Bonchev–Trinajstić information content (AvgIpc) is 2.77. The van der Waals surface area contributed by atoms with Gasteiger partial charge in [-0.1, -0.05) is 23.1 Å². The lowest BCUT2D eigenvalue weighted by Crippen LogP contribution is -2.51. The number of amides is 2. The maximum Gasteiger partial charge on any atom is 0.416 e. The molecule has 1 atom stereocenters. The summed E-state index contributed by atoms with van der Waals surface area (Å²) in [6.07, 6.45) is -4.09. The summed E-state index contributed by atoms with van der Waals surface area (Å²) in [5.41, 5.74) is -2.08. The monoisotopic (exact) mass is 522 g/mol. The van der Waals surface area contributed by atoms with Crippen molar-refractivity contribution < 1.29 is 30.6 Å².